The van der Waals surface area contributed by atoms with Crippen molar-refractivity contribution in [3.05, 3.63) is 64.7 Å². The van der Waals surface area contributed by atoms with Gasteiger partial charge in [0.2, 0.25) is 0 Å². The van der Waals surface area contributed by atoms with E-state index in [9.17, 15) is 22.4 Å². The van der Waals surface area contributed by atoms with Crippen LogP contribution in [0.1, 0.15) is 15.9 Å². The lowest BCUT2D eigenvalue weighted by atomic mass is 10.1. The molecule has 0 bridgehead atoms. The second-order valence-corrected chi connectivity index (χ2v) is 4.00. The van der Waals surface area contributed by atoms with E-state index < -0.39 is 34.8 Å². The zero-order chi connectivity index (χ0) is 14.9. The van der Waals surface area contributed by atoms with Crippen LogP contribution in [0.3, 0.4) is 0 Å². The number of para-hydroxylation sites is 1. The highest BCUT2D eigenvalue weighted by Gasteiger charge is 2.26. The molecule has 0 saturated heterocycles. The molecule has 0 aliphatic carbocycles. The van der Waals surface area contributed by atoms with Crippen molar-refractivity contribution in [2.75, 3.05) is 0 Å². The number of carbonyl (C=O) groups is 1. The summed E-state index contributed by atoms with van der Waals surface area (Å²) in [7, 11) is 0. The average molecular weight is 284 g/mol. The van der Waals surface area contributed by atoms with Crippen molar-refractivity contribution >= 4 is 5.97 Å². The van der Waals surface area contributed by atoms with Gasteiger partial charge in [-0.3, -0.25) is 0 Å². The Balaban J connectivity index is 2.40. The first-order valence-electron chi connectivity index (χ1n) is 5.52. The summed E-state index contributed by atoms with van der Waals surface area (Å²) in [4.78, 5) is 11.7. The molecular weight excluding hydrogens is 276 g/mol. The molecule has 0 heterocycles. The van der Waals surface area contributed by atoms with Crippen molar-refractivity contribution in [1.29, 1.82) is 0 Å². The molecule has 0 N–H and O–H groups in total. The van der Waals surface area contributed by atoms with Crippen molar-refractivity contribution < 1.29 is 27.1 Å². The van der Waals surface area contributed by atoms with Crippen molar-refractivity contribution in [2.45, 2.75) is 6.92 Å². The van der Waals surface area contributed by atoms with Crippen LogP contribution < -0.4 is 4.74 Å². The third-order valence-electron chi connectivity index (χ3n) is 2.61. The summed E-state index contributed by atoms with van der Waals surface area (Å²) in [5.41, 5.74) is -0.726. The quantitative estimate of drug-likeness (QED) is 0.276. The lowest BCUT2D eigenvalue weighted by molar-refractivity contribution is 0.0721. The van der Waals surface area contributed by atoms with E-state index in [1.807, 2.05) is 0 Å². The summed E-state index contributed by atoms with van der Waals surface area (Å²) in [6.45, 7) is 1.61. The molecule has 0 unspecified atom stereocenters. The summed E-state index contributed by atoms with van der Waals surface area (Å²) in [6.07, 6.45) is 0. The Labute approximate surface area is 111 Å². The Morgan fingerprint density at radius 2 is 1.65 bits per heavy atom. The zero-order valence-corrected chi connectivity index (χ0v) is 10.2. The minimum Gasteiger partial charge on any atom is -0.423 e. The third kappa shape index (κ3) is 2.49. The number of halogens is 4. The highest BCUT2D eigenvalue weighted by Crippen LogP contribution is 2.23. The van der Waals surface area contributed by atoms with E-state index in [0.29, 0.717) is 5.56 Å². The Morgan fingerprint density at radius 3 is 2.30 bits per heavy atom. The van der Waals surface area contributed by atoms with Crippen LogP contribution in [-0.2, 0) is 0 Å². The van der Waals surface area contributed by atoms with E-state index in [0.717, 1.165) is 0 Å². The van der Waals surface area contributed by atoms with Crippen LogP contribution in [-0.4, -0.2) is 5.97 Å². The number of aryl methyl sites for hydroxylation is 1. The number of ether oxygens (including phenoxy) is 1. The van der Waals surface area contributed by atoms with E-state index >= 15 is 0 Å². The van der Waals surface area contributed by atoms with Gasteiger partial charge in [-0.1, -0.05) is 18.2 Å². The van der Waals surface area contributed by atoms with E-state index in [4.69, 9.17) is 4.74 Å². The van der Waals surface area contributed by atoms with E-state index in [1.54, 1.807) is 25.1 Å². The van der Waals surface area contributed by atoms with Crippen LogP contribution in [0.25, 0.3) is 0 Å². The number of hydrogen-bond donors (Lipinski definition) is 0. The molecule has 0 saturated carbocycles. The molecule has 2 rings (SSSR count). The molecule has 20 heavy (non-hydrogen) atoms. The van der Waals surface area contributed by atoms with Gasteiger partial charge in [0.25, 0.3) is 0 Å². The van der Waals surface area contributed by atoms with E-state index in [-0.39, 0.29) is 11.8 Å². The summed E-state index contributed by atoms with van der Waals surface area (Å²) in [5.74, 6) is -8.45. The van der Waals surface area contributed by atoms with Crippen molar-refractivity contribution in [3.63, 3.8) is 0 Å². The maximum atomic E-state index is 13.4. The molecule has 2 nitrogen and oxygen atoms in total. The Hall–Kier alpha value is -2.37. The minimum atomic E-state index is -1.93. The SMILES string of the molecule is Cc1ccccc1OC(=O)c1c(F)cc(F)c(F)c1F. The maximum Gasteiger partial charge on any atom is 0.349 e. The summed E-state index contributed by atoms with van der Waals surface area (Å²) < 4.78 is 57.4. The predicted molar refractivity (Wildman–Crippen MR) is 62.4 cm³/mol. The molecule has 2 aromatic rings. The molecular formula is C14H8F4O2. The smallest absolute Gasteiger partial charge is 0.349 e. The molecule has 2 aromatic carbocycles. The molecule has 0 aromatic heterocycles. The van der Waals surface area contributed by atoms with Crippen LogP contribution in [0.15, 0.2) is 30.3 Å². The molecule has 0 aliphatic rings. The molecule has 0 aliphatic heterocycles. The van der Waals surface area contributed by atoms with Crippen LogP contribution >= 0.6 is 0 Å². The average Bonchev–Trinajstić information content (AvgIpc) is 2.39. The summed E-state index contributed by atoms with van der Waals surface area (Å²) >= 11 is 0. The Kier molecular flexibility index (Phi) is 3.74. The molecule has 0 spiro atoms. The highest BCUT2D eigenvalue weighted by atomic mass is 19.2. The van der Waals surface area contributed by atoms with Gasteiger partial charge in [0.1, 0.15) is 17.1 Å². The van der Waals surface area contributed by atoms with Gasteiger partial charge in [0.05, 0.1) is 0 Å². The van der Waals surface area contributed by atoms with Gasteiger partial charge in [-0.2, -0.15) is 0 Å². The molecule has 0 atom stereocenters. The van der Waals surface area contributed by atoms with Gasteiger partial charge in [-0.05, 0) is 18.6 Å². The number of esters is 1. The van der Waals surface area contributed by atoms with Gasteiger partial charge in [-0.15, -0.1) is 0 Å². The van der Waals surface area contributed by atoms with Crippen LogP contribution in [0.4, 0.5) is 17.6 Å². The van der Waals surface area contributed by atoms with Crippen molar-refractivity contribution in [2.24, 2.45) is 0 Å². The fourth-order valence-corrected chi connectivity index (χ4v) is 1.58. The zero-order valence-electron chi connectivity index (χ0n) is 10.2. The normalized spacial score (nSPS) is 10.4. The molecule has 0 radical (unpaired) electrons. The van der Waals surface area contributed by atoms with Gasteiger partial charge < -0.3 is 4.74 Å². The first-order chi connectivity index (χ1) is 9.41. The number of hydrogen-bond acceptors (Lipinski definition) is 2. The Bertz CT molecular complexity index is 683. The fraction of sp³-hybridized carbons (Fsp3) is 0.0714. The molecule has 6 heteroatoms. The van der Waals surface area contributed by atoms with Crippen molar-refractivity contribution in [1.82, 2.24) is 0 Å². The second-order valence-electron chi connectivity index (χ2n) is 4.00. The molecule has 0 fully saturated rings. The first-order valence-corrected chi connectivity index (χ1v) is 5.52. The fourth-order valence-electron chi connectivity index (χ4n) is 1.58. The molecule has 0 amide bonds. The lowest BCUT2D eigenvalue weighted by Gasteiger charge is -2.09. The Morgan fingerprint density at radius 1 is 1.00 bits per heavy atom. The number of carbonyl (C=O) groups excluding carboxylic acids is 1. The van der Waals surface area contributed by atoms with Gasteiger partial charge in [0, 0.05) is 6.07 Å². The van der Waals surface area contributed by atoms with Gasteiger partial charge >= 0.3 is 5.97 Å². The largest absolute Gasteiger partial charge is 0.423 e. The highest BCUT2D eigenvalue weighted by molar-refractivity contribution is 5.91. The van der Waals surface area contributed by atoms with Gasteiger partial charge in [0.15, 0.2) is 17.5 Å². The predicted octanol–water partition coefficient (Wildman–Crippen LogP) is 3.77. The summed E-state index contributed by atoms with van der Waals surface area (Å²) in [6, 6.07) is 6.33. The third-order valence-corrected chi connectivity index (χ3v) is 2.61. The first kappa shape index (κ1) is 14.0. The molecule has 104 valence electrons. The maximum absolute atomic E-state index is 13.4. The van der Waals surface area contributed by atoms with Crippen LogP contribution in [0, 0.1) is 30.2 Å². The second kappa shape index (κ2) is 5.32. The van der Waals surface area contributed by atoms with Gasteiger partial charge in [-0.25, -0.2) is 22.4 Å². The van der Waals surface area contributed by atoms with Crippen molar-refractivity contribution in [3.8, 4) is 5.75 Å². The number of rotatable bonds is 2. The van der Waals surface area contributed by atoms with E-state index in [2.05, 4.69) is 0 Å². The number of benzene rings is 2. The minimum absolute atomic E-state index is 0.0704. The van der Waals surface area contributed by atoms with Crippen LogP contribution in [0.5, 0.6) is 5.75 Å². The summed E-state index contributed by atoms with van der Waals surface area (Å²) in [5, 5.41) is 0. The monoisotopic (exact) mass is 284 g/mol. The topological polar surface area (TPSA) is 26.3 Å². The standard InChI is InChI=1S/C14H8F4O2/c1-7-4-2-3-5-10(7)20-14(19)11-8(15)6-9(16)12(17)13(11)18/h2-6H,1H3. The lowest BCUT2D eigenvalue weighted by Crippen LogP contribution is -2.15. The van der Waals surface area contributed by atoms with Crippen LogP contribution in [0.2, 0.25) is 0 Å². The van der Waals surface area contributed by atoms with E-state index in [1.165, 1.54) is 6.07 Å².